The number of hydrogen-bond donors (Lipinski definition) is 2. The fraction of sp³-hybridized carbons (Fsp3) is 0.0667. The molecule has 20 heavy (non-hydrogen) atoms. The van der Waals surface area contributed by atoms with E-state index in [1.807, 2.05) is 24.3 Å². The second-order valence-electron chi connectivity index (χ2n) is 4.48. The Kier molecular flexibility index (Phi) is 2.95. The number of benzene rings is 2. The van der Waals surface area contributed by atoms with E-state index in [2.05, 4.69) is 15.5 Å². The molecule has 0 fully saturated rings. The van der Waals surface area contributed by atoms with Crippen molar-refractivity contribution in [3.8, 4) is 0 Å². The second kappa shape index (κ2) is 4.77. The highest BCUT2D eigenvalue weighted by Crippen LogP contribution is 2.20. The summed E-state index contributed by atoms with van der Waals surface area (Å²) < 4.78 is 13.5. The molecule has 1 aromatic heterocycles. The van der Waals surface area contributed by atoms with Crippen LogP contribution in [0.1, 0.15) is 16.1 Å². The van der Waals surface area contributed by atoms with Gasteiger partial charge in [0.2, 0.25) is 0 Å². The molecule has 3 rings (SSSR count). The Labute approximate surface area is 114 Å². The lowest BCUT2D eigenvalue weighted by Gasteiger charge is -2.07. The van der Waals surface area contributed by atoms with Crippen LogP contribution in [-0.2, 0) is 0 Å². The van der Waals surface area contributed by atoms with Crippen molar-refractivity contribution in [2.75, 3.05) is 5.32 Å². The average molecular weight is 269 g/mol. The summed E-state index contributed by atoms with van der Waals surface area (Å²) in [5, 5.41) is 10.2. The number of anilines is 1. The molecule has 0 aliphatic carbocycles. The van der Waals surface area contributed by atoms with E-state index < -0.39 is 0 Å². The highest BCUT2D eigenvalue weighted by atomic mass is 19.1. The molecule has 0 aliphatic rings. The maximum atomic E-state index is 13.5. The van der Waals surface area contributed by atoms with Crippen molar-refractivity contribution in [1.82, 2.24) is 10.2 Å². The molecule has 2 N–H and O–H groups in total. The Morgan fingerprint density at radius 3 is 2.85 bits per heavy atom. The molecule has 0 bridgehead atoms. The smallest absolute Gasteiger partial charge is 0.276 e. The van der Waals surface area contributed by atoms with Crippen LogP contribution in [0.5, 0.6) is 0 Å². The first-order valence-corrected chi connectivity index (χ1v) is 6.16. The van der Waals surface area contributed by atoms with Gasteiger partial charge < -0.3 is 5.32 Å². The summed E-state index contributed by atoms with van der Waals surface area (Å²) in [4.78, 5) is 12.2. The Morgan fingerprint density at radius 2 is 2.00 bits per heavy atom. The fourth-order valence-electron chi connectivity index (χ4n) is 2.06. The number of rotatable bonds is 2. The van der Waals surface area contributed by atoms with Gasteiger partial charge in [-0.15, -0.1) is 0 Å². The van der Waals surface area contributed by atoms with Crippen LogP contribution in [0.3, 0.4) is 0 Å². The monoisotopic (exact) mass is 269 g/mol. The number of aromatic nitrogens is 2. The van der Waals surface area contributed by atoms with Crippen LogP contribution in [0, 0.1) is 12.7 Å². The predicted octanol–water partition coefficient (Wildman–Crippen LogP) is 3.26. The van der Waals surface area contributed by atoms with Crippen molar-refractivity contribution >= 4 is 22.5 Å². The third kappa shape index (κ3) is 2.03. The van der Waals surface area contributed by atoms with Crippen molar-refractivity contribution in [3.63, 3.8) is 0 Å². The maximum absolute atomic E-state index is 13.5. The molecule has 0 unspecified atom stereocenters. The molecule has 0 atom stereocenters. The van der Waals surface area contributed by atoms with Crippen molar-refractivity contribution in [2.45, 2.75) is 6.92 Å². The van der Waals surface area contributed by atoms with Crippen LogP contribution in [0.15, 0.2) is 42.5 Å². The summed E-state index contributed by atoms with van der Waals surface area (Å²) in [6.45, 7) is 1.62. The van der Waals surface area contributed by atoms with Gasteiger partial charge in [-0.3, -0.25) is 9.89 Å². The van der Waals surface area contributed by atoms with Crippen LogP contribution in [0.25, 0.3) is 10.9 Å². The number of nitrogens with one attached hydrogen (secondary N) is 2. The Bertz CT molecular complexity index is 795. The molecular weight excluding hydrogens is 257 g/mol. The normalized spacial score (nSPS) is 10.7. The minimum absolute atomic E-state index is 0.296. The predicted molar refractivity (Wildman–Crippen MR) is 75.2 cm³/mol. The van der Waals surface area contributed by atoms with Gasteiger partial charge in [-0.05, 0) is 25.1 Å². The van der Waals surface area contributed by atoms with Gasteiger partial charge in [0.15, 0.2) is 5.69 Å². The van der Waals surface area contributed by atoms with E-state index in [1.165, 1.54) is 6.07 Å². The van der Waals surface area contributed by atoms with Crippen LogP contribution in [0.4, 0.5) is 10.1 Å². The largest absolute Gasteiger partial charge is 0.320 e. The van der Waals surface area contributed by atoms with Crippen LogP contribution in [-0.4, -0.2) is 16.1 Å². The molecule has 0 spiro atoms. The number of carbonyl (C=O) groups excluding carboxylic acids is 1. The van der Waals surface area contributed by atoms with E-state index in [0.29, 0.717) is 16.9 Å². The Hall–Kier alpha value is -2.69. The zero-order valence-electron chi connectivity index (χ0n) is 10.8. The zero-order valence-corrected chi connectivity index (χ0v) is 10.8. The van der Waals surface area contributed by atoms with Gasteiger partial charge in [0.1, 0.15) is 5.82 Å². The maximum Gasteiger partial charge on any atom is 0.276 e. The number of halogens is 1. The van der Waals surface area contributed by atoms with Crippen LogP contribution in [0.2, 0.25) is 0 Å². The fourth-order valence-corrected chi connectivity index (χ4v) is 2.06. The average Bonchev–Trinajstić information content (AvgIpc) is 2.88. The van der Waals surface area contributed by atoms with Crippen molar-refractivity contribution in [3.05, 3.63) is 59.5 Å². The summed E-state index contributed by atoms with van der Waals surface area (Å²) in [6, 6.07) is 11.9. The van der Waals surface area contributed by atoms with Crippen LogP contribution >= 0.6 is 0 Å². The summed E-state index contributed by atoms with van der Waals surface area (Å²) in [5.41, 5.74) is 1.93. The highest BCUT2D eigenvalue weighted by molar-refractivity contribution is 6.11. The Balaban J connectivity index is 1.95. The molecule has 4 nitrogen and oxygen atoms in total. The van der Waals surface area contributed by atoms with Crippen molar-refractivity contribution in [1.29, 1.82) is 0 Å². The number of aromatic amines is 1. The minimum Gasteiger partial charge on any atom is -0.320 e. The van der Waals surface area contributed by atoms with Gasteiger partial charge in [0, 0.05) is 16.6 Å². The number of nitrogens with zero attached hydrogens (tertiary/aromatic N) is 1. The first kappa shape index (κ1) is 12.3. The molecule has 1 heterocycles. The molecule has 5 heteroatoms. The number of amides is 1. The molecular formula is C15H12FN3O. The van der Waals surface area contributed by atoms with Crippen LogP contribution < -0.4 is 5.32 Å². The molecule has 100 valence electrons. The Morgan fingerprint density at radius 1 is 1.20 bits per heavy atom. The molecule has 1 amide bonds. The zero-order chi connectivity index (χ0) is 14.1. The lowest BCUT2D eigenvalue weighted by molar-refractivity contribution is 0.102. The second-order valence-corrected chi connectivity index (χ2v) is 4.48. The van der Waals surface area contributed by atoms with E-state index >= 15 is 0 Å². The van der Waals surface area contributed by atoms with Gasteiger partial charge in [0.25, 0.3) is 5.91 Å². The van der Waals surface area contributed by atoms with E-state index in [4.69, 9.17) is 0 Å². The summed E-state index contributed by atoms with van der Waals surface area (Å²) >= 11 is 0. The quantitative estimate of drug-likeness (QED) is 0.750. The van der Waals surface area contributed by atoms with Gasteiger partial charge >= 0.3 is 0 Å². The molecule has 0 saturated carbocycles. The van der Waals surface area contributed by atoms with E-state index in [1.54, 1.807) is 19.1 Å². The lowest BCUT2D eigenvalue weighted by atomic mass is 10.1. The number of carbonyl (C=O) groups is 1. The third-order valence-electron chi connectivity index (χ3n) is 3.20. The highest BCUT2D eigenvalue weighted by Gasteiger charge is 2.15. The molecule has 2 aromatic carbocycles. The molecule has 0 radical (unpaired) electrons. The number of hydrogen-bond acceptors (Lipinski definition) is 2. The molecule has 0 aliphatic heterocycles. The van der Waals surface area contributed by atoms with Crippen molar-refractivity contribution < 1.29 is 9.18 Å². The topological polar surface area (TPSA) is 57.8 Å². The SMILES string of the molecule is Cc1c(F)cccc1NC(=O)c1n[nH]c2ccccc12. The summed E-state index contributed by atoms with van der Waals surface area (Å²) in [7, 11) is 0. The van der Waals surface area contributed by atoms with Gasteiger partial charge in [-0.2, -0.15) is 5.10 Å². The van der Waals surface area contributed by atoms with Gasteiger partial charge in [-0.25, -0.2) is 4.39 Å². The van der Waals surface area contributed by atoms with E-state index in [9.17, 15) is 9.18 Å². The number of fused-ring (bicyclic) bond motifs is 1. The molecule has 3 aromatic rings. The lowest BCUT2D eigenvalue weighted by Crippen LogP contribution is -2.14. The first-order valence-electron chi connectivity index (χ1n) is 6.16. The van der Waals surface area contributed by atoms with E-state index in [-0.39, 0.29) is 11.7 Å². The third-order valence-corrected chi connectivity index (χ3v) is 3.20. The summed E-state index contributed by atoms with van der Waals surface area (Å²) in [6.07, 6.45) is 0. The first-order chi connectivity index (χ1) is 9.66. The number of para-hydroxylation sites is 1. The van der Waals surface area contributed by atoms with E-state index in [0.717, 1.165) is 10.9 Å². The number of H-pyrrole nitrogens is 1. The minimum atomic E-state index is -0.365. The molecule has 0 saturated heterocycles. The van der Waals surface area contributed by atoms with Gasteiger partial charge in [-0.1, -0.05) is 24.3 Å². The summed E-state index contributed by atoms with van der Waals surface area (Å²) in [5.74, 6) is -0.717. The standard InChI is InChI=1S/C15H12FN3O/c1-9-11(16)6-4-8-12(9)17-15(20)14-10-5-2-3-7-13(10)18-19-14/h2-8H,1H3,(H,17,20)(H,18,19). The van der Waals surface area contributed by atoms with Gasteiger partial charge in [0.05, 0.1) is 5.52 Å². The van der Waals surface area contributed by atoms with Crippen molar-refractivity contribution in [2.24, 2.45) is 0 Å².